The third-order valence-corrected chi connectivity index (χ3v) is 2.79. The van der Waals surface area contributed by atoms with Crippen LogP contribution in [-0.4, -0.2) is 48.9 Å². The summed E-state index contributed by atoms with van der Waals surface area (Å²) in [6.45, 7) is 3.21. The molecule has 0 unspecified atom stereocenters. The van der Waals surface area contributed by atoms with Crippen LogP contribution in [0.25, 0.3) is 0 Å². The number of hydrogen-bond donors (Lipinski definition) is 1. The summed E-state index contributed by atoms with van der Waals surface area (Å²) < 4.78 is 19.7. The van der Waals surface area contributed by atoms with E-state index in [0.29, 0.717) is 25.7 Å². The Balaban J connectivity index is 2.19. The Hall–Kier alpha value is -1.50. The number of hydrogen-bond acceptors (Lipinski definition) is 7. The maximum absolute atomic E-state index is 11.3. The van der Waals surface area contributed by atoms with Crippen molar-refractivity contribution in [3.63, 3.8) is 0 Å². The Labute approximate surface area is 118 Å². The van der Waals surface area contributed by atoms with E-state index in [1.54, 1.807) is 13.8 Å². The van der Waals surface area contributed by atoms with Crippen LogP contribution in [0.3, 0.4) is 0 Å². The van der Waals surface area contributed by atoms with Crippen molar-refractivity contribution in [1.82, 2.24) is 0 Å². The third kappa shape index (κ3) is 6.60. The van der Waals surface area contributed by atoms with E-state index in [-0.39, 0.29) is 31.5 Å². The van der Waals surface area contributed by atoms with Crippen LogP contribution in [0.5, 0.6) is 0 Å². The van der Waals surface area contributed by atoms with E-state index >= 15 is 0 Å². The van der Waals surface area contributed by atoms with Crippen molar-refractivity contribution in [2.24, 2.45) is 0 Å². The number of carbonyl (C=O) groups excluding carboxylic acids is 2. The van der Waals surface area contributed by atoms with Gasteiger partial charge >= 0.3 is 12.3 Å². The van der Waals surface area contributed by atoms with Crippen LogP contribution in [0.4, 0.5) is 9.59 Å². The summed E-state index contributed by atoms with van der Waals surface area (Å²) in [5, 5.41) is 8.51. The molecule has 0 saturated heterocycles. The molecule has 20 heavy (non-hydrogen) atoms. The van der Waals surface area contributed by atoms with Crippen LogP contribution in [0.15, 0.2) is 0 Å². The molecule has 1 saturated carbocycles. The van der Waals surface area contributed by atoms with Gasteiger partial charge in [-0.25, -0.2) is 9.59 Å². The Morgan fingerprint density at radius 3 is 2.00 bits per heavy atom. The van der Waals surface area contributed by atoms with Gasteiger partial charge in [-0.15, -0.1) is 0 Å². The van der Waals surface area contributed by atoms with Gasteiger partial charge in [-0.05, 0) is 39.5 Å². The highest BCUT2D eigenvalue weighted by atomic mass is 16.7. The van der Waals surface area contributed by atoms with E-state index in [1.807, 2.05) is 0 Å². The lowest BCUT2D eigenvalue weighted by Crippen LogP contribution is -2.30. The van der Waals surface area contributed by atoms with Gasteiger partial charge in [0.15, 0.2) is 0 Å². The van der Waals surface area contributed by atoms with Gasteiger partial charge in [0.05, 0.1) is 12.7 Å². The standard InChI is InChI=1S/C13H22O7/c1-9(2)18-13(16)20-11-5-3-10(4-6-11)19-12(15)17-8-7-14/h9-11,14H,3-8H2,1-2H3. The number of rotatable bonds is 5. The van der Waals surface area contributed by atoms with Crippen molar-refractivity contribution in [1.29, 1.82) is 0 Å². The molecule has 0 atom stereocenters. The summed E-state index contributed by atoms with van der Waals surface area (Å²) in [6.07, 6.45) is 0.368. The molecule has 0 aromatic carbocycles. The van der Waals surface area contributed by atoms with Gasteiger partial charge in [-0.3, -0.25) is 0 Å². The SMILES string of the molecule is CC(C)OC(=O)OC1CCC(OC(=O)OCCO)CC1. The molecule has 116 valence electrons. The molecular formula is C13H22O7. The lowest BCUT2D eigenvalue weighted by Gasteiger charge is -2.27. The first-order chi connectivity index (χ1) is 9.51. The van der Waals surface area contributed by atoms with Gasteiger partial charge in [0, 0.05) is 0 Å². The largest absolute Gasteiger partial charge is 0.508 e. The zero-order valence-corrected chi connectivity index (χ0v) is 11.9. The average Bonchev–Trinajstić information content (AvgIpc) is 2.37. The number of ether oxygens (including phenoxy) is 4. The van der Waals surface area contributed by atoms with Gasteiger partial charge in [-0.1, -0.05) is 0 Å². The zero-order valence-electron chi connectivity index (χ0n) is 11.9. The predicted molar refractivity (Wildman–Crippen MR) is 68.3 cm³/mol. The lowest BCUT2D eigenvalue weighted by atomic mass is 9.95. The Kier molecular flexibility index (Phi) is 7.14. The van der Waals surface area contributed by atoms with Crippen LogP contribution in [-0.2, 0) is 18.9 Å². The number of carbonyl (C=O) groups is 2. The van der Waals surface area contributed by atoms with Crippen molar-refractivity contribution in [2.45, 2.75) is 57.8 Å². The molecule has 1 aliphatic rings. The molecule has 0 aromatic heterocycles. The summed E-state index contributed by atoms with van der Waals surface area (Å²) in [5.41, 5.74) is 0. The van der Waals surface area contributed by atoms with Crippen molar-refractivity contribution in [2.75, 3.05) is 13.2 Å². The van der Waals surface area contributed by atoms with E-state index in [9.17, 15) is 9.59 Å². The van der Waals surface area contributed by atoms with Crippen LogP contribution >= 0.6 is 0 Å². The van der Waals surface area contributed by atoms with Gasteiger partial charge < -0.3 is 24.1 Å². The molecule has 0 spiro atoms. The Morgan fingerprint density at radius 2 is 1.55 bits per heavy atom. The second-order valence-corrected chi connectivity index (χ2v) is 4.87. The number of aliphatic hydroxyl groups excluding tert-OH is 1. The van der Waals surface area contributed by atoms with Crippen LogP contribution in [0, 0.1) is 0 Å². The molecule has 1 rings (SSSR count). The van der Waals surface area contributed by atoms with E-state index < -0.39 is 12.3 Å². The quantitative estimate of drug-likeness (QED) is 0.774. The minimum Gasteiger partial charge on any atom is -0.432 e. The summed E-state index contributed by atoms with van der Waals surface area (Å²) in [6, 6.07) is 0. The Morgan fingerprint density at radius 1 is 1.05 bits per heavy atom. The van der Waals surface area contributed by atoms with Gasteiger partial charge in [0.25, 0.3) is 0 Å². The maximum atomic E-state index is 11.3. The fourth-order valence-electron chi connectivity index (χ4n) is 1.92. The normalized spacial score (nSPS) is 22.2. The zero-order chi connectivity index (χ0) is 15.0. The molecule has 1 N–H and O–H groups in total. The van der Waals surface area contributed by atoms with Crippen molar-refractivity contribution in [3.8, 4) is 0 Å². The van der Waals surface area contributed by atoms with Crippen molar-refractivity contribution >= 4 is 12.3 Å². The van der Waals surface area contributed by atoms with E-state index in [0.717, 1.165) is 0 Å². The summed E-state index contributed by atoms with van der Waals surface area (Å²) >= 11 is 0. The minimum atomic E-state index is -0.775. The van der Waals surface area contributed by atoms with Gasteiger partial charge in [-0.2, -0.15) is 0 Å². The first kappa shape index (κ1) is 16.6. The molecule has 0 heterocycles. The molecule has 0 amide bonds. The number of aliphatic hydroxyl groups is 1. The second kappa shape index (κ2) is 8.63. The first-order valence-corrected chi connectivity index (χ1v) is 6.82. The summed E-state index contributed by atoms with van der Waals surface area (Å²) in [5.74, 6) is 0. The fourth-order valence-corrected chi connectivity index (χ4v) is 1.92. The molecule has 7 nitrogen and oxygen atoms in total. The van der Waals surface area contributed by atoms with E-state index in [1.165, 1.54) is 0 Å². The maximum Gasteiger partial charge on any atom is 0.508 e. The van der Waals surface area contributed by atoms with Gasteiger partial charge in [0.1, 0.15) is 18.8 Å². The molecule has 7 heteroatoms. The van der Waals surface area contributed by atoms with E-state index in [4.69, 9.17) is 19.3 Å². The fraction of sp³-hybridized carbons (Fsp3) is 0.846. The molecule has 0 aliphatic heterocycles. The molecule has 1 aliphatic carbocycles. The predicted octanol–water partition coefficient (Wildman–Crippen LogP) is 2.00. The minimum absolute atomic E-state index is 0.0711. The summed E-state index contributed by atoms with van der Waals surface area (Å²) in [7, 11) is 0. The van der Waals surface area contributed by atoms with Crippen LogP contribution in [0.2, 0.25) is 0 Å². The molecule has 0 aromatic rings. The van der Waals surface area contributed by atoms with Crippen LogP contribution in [0.1, 0.15) is 39.5 Å². The van der Waals surface area contributed by atoms with Crippen LogP contribution < -0.4 is 0 Å². The van der Waals surface area contributed by atoms with E-state index in [2.05, 4.69) is 4.74 Å². The molecular weight excluding hydrogens is 268 g/mol. The van der Waals surface area contributed by atoms with Gasteiger partial charge in [0.2, 0.25) is 0 Å². The monoisotopic (exact) mass is 290 g/mol. The average molecular weight is 290 g/mol. The smallest absolute Gasteiger partial charge is 0.432 e. The summed E-state index contributed by atoms with van der Waals surface area (Å²) in [4.78, 5) is 22.5. The second-order valence-electron chi connectivity index (χ2n) is 4.87. The highest BCUT2D eigenvalue weighted by Gasteiger charge is 2.27. The van der Waals surface area contributed by atoms with Crippen molar-refractivity contribution in [3.05, 3.63) is 0 Å². The Bertz CT molecular complexity index is 308. The highest BCUT2D eigenvalue weighted by Crippen LogP contribution is 2.24. The molecule has 1 fully saturated rings. The third-order valence-electron chi connectivity index (χ3n) is 2.79. The lowest BCUT2D eigenvalue weighted by molar-refractivity contribution is -0.0340. The van der Waals surface area contributed by atoms with Crippen molar-refractivity contribution < 1.29 is 33.6 Å². The molecule has 0 radical (unpaired) electrons. The molecule has 0 bridgehead atoms. The topological polar surface area (TPSA) is 91.3 Å². The first-order valence-electron chi connectivity index (χ1n) is 6.82. The highest BCUT2D eigenvalue weighted by molar-refractivity contribution is 5.60.